The lowest BCUT2D eigenvalue weighted by atomic mass is 9.86. The van der Waals surface area contributed by atoms with Gasteiger partial charge in [0.1, 0.15) is 18.1 Å². The molecule has 0 saturated heterocycles. The fourth-order valence-electron chi connectivity index (χ4n) is 3.90. The molecule has 180 valence electrons. The van der Waals surface area contributed by atoms with Crippen molar-refractivity contribution in [3.63, 3.8) is 0 Å². The van der Waals surface area contributed by atoms with E-state index in [0.29, 0.717) is 18.8 Å². The van der Waals surface area contributed by atoms with E-state index in [4.69, 9.17) is 9.47 Å². The van der Waals surface area contributed by atoms with Crippen molar-refractivity contribution in [1.29, 1.82) is 0 Å². The van der Waals surface area contributed by atoms with Crippen LogP contribution in [0, 0.1) is 0 Å². The van der Waals surface area contributed by atoms with Crippen LogP contribution in [0.25, 0.3) is 0 Å². The summed E-state index contributed by atoms with van der Waals surface area (Å²) in [6.45, 7) is 11.4. The molecule has 4 nitrogen and oxygen atoms in total. The molecule has 0 spiro atoms. The predicted molar refractivity (Wildman–Crippen MR) is 139 cm³/mol. The number of benzene rings is 3. The van der Waals surface area contributed by atoms with Gasteiger partial charge in [0.15, 0.2) is 0 Å². The number of aryl methyl sites for hydroxylation is 1. The summed E-state index contributed by atoms with van der Waals surface area (Å²) >= 11 is 0. The van der Waals surface area contributed by atoms with Crippen molar-refractivity contribution in [2.24, 2.45) is 0 Å². The van der Waals surface area contributed by atoms with E-state index in [1.165, 1.54) is 5.56 Å². The highest BCUT2D eigenvalue weighted by Gasteiger charge is 2.19. The molecule has 4 heteroatoms. The van der Waals surface area contributed by atoms with Crippen LogP contribution in [0.1, 0.15) is 68.1 Å². The summed E-state index contributed by atoms with van der Waals surface area (Å²) in [5.41, 5.74) is 3.86. The van der Waals surface area contributed by atoms with E-state index < -0.39 is 0 Å². The first-order valence-corrected chi connectivity index (χ1v) is 12.1. The number of ether oxygens (including phenoxy) is 2. The zero-order chi connectivity index (χ0) is 24.6. The number of hydrogen-bond donors (Lipinski definition) is 1. The number of hydrogen-bond acceptors (Lipinski definition) is 3. The number of para-hydroxylation sites is 1. The Morgan fingerprint density at radius 1 is 0.912 bits per heavy atom. The Hall–Kier alpha value is -3.27. The van der Waals surface area contributed by atoms with Gasteiger partial charge in [-0.15, -0.1) is 0 Å². The summed E-state index contributed by atoms with van der Waals surface area (Å²) in [6, 6.07) is 24.1. The van der Waals surface area contributed by atoms with Crippen LogP contribution >= 0.6 is 0 Å². The van der Waals surface area contributed by atoms with E-state index in [9.17, 15) is 4.79 Å². The Morgan fingerprint density at radius 2 is 1.62 bits per heavy atom. The Balaban J connectivity index is 1.70. The molecule has 1 atom stereocenters. The number of carbonyl (C=O) groups excluding carboxylic acids is 1. The SMILES string of the molecule is CCOc1ccc(C(=O)N[C@H](C)CCc2ccccc2)cc1COc1ccccc1C(C)(C)C. The molecule has 3 aromatic carbocycles. The lowest BCUT2D eigenvalue weighted by molar-refractivity contribution is 0.0938. The number of carbonyl (C=O) groups is 1. The van der Waals surface area contributed by atoms with Crippen molar-refractivity contribution in [2.75, 3.05) is 6.61 Å². The molecule has 3 rings (SSSR count). The second-order valence-electron chi connectivity index (χ2n) is 9.69. The highest BCUT2D eigenvalue weighted by Crippen LogP contribution is 2.32. The average Bonchev–Trinajstić information content (AvgIpc) is 2.82. The van der Waals surface area contributed by atoms with Crippen LogP contribution < -0.4 is 14.8 Å². The van der Waals surface area contributed by atoms with Gasteiger partial charge in [-0.1, -0.05) is 69.3 Å². The maximum Gasteiger partial charge on any atom is 0.251 e. The lowest BCUT2D eigenvalue weighted by Crippen LogP contribution is -2.33. The second-order valence-corrected chi connectivity index (χ2v) is 9.69. The van der Waals surface area contributed by atoms with Gasteiger partial charge in [0.2, 0.25) is 0 Å². The van der Waals surface area contributed by atoms with Crippen LogP contribution in [0.4, 0.5) is 0 Å². The number of nitrogens with one attached hydrogen (secondary N) is 1. The topological polar surface area (TPSA) is 47.6 Å². The van der Waals surface area contributed by atoms with Crippen LogP contribution in [0.2, 0.25) is 0 Å². The molecular weight excluding hydrogens is 422 g/mol. The molecule has 3 aromatic rings. The van der Waals surface area contributed by atoms with E-state index in [2.05, 4.69) is 44.3 Å². The smallest absolute Gasteiger partial charge is 0.251 e. The minimum atomic E-state index is -0.0834. The van der Waals surface area contributed by atoms with E-state index in [1.54, 1.807) is 0 Å². The quantitative estimate of drug-likeness (QED) is 0.366. The normalized spacial score (nSPS) is 12.1. The van der Waals surface area contributed by atoms with Gasteiger partial charge in [-0.05, 0) is 67.5 Å². The van der Waals surface area contributed by atoms with Gasteiger partial charge >= 0.3 is 0 Å². The largest absolute Gasteiger partial charge is 0.493 e. The fourth-order valence-corrected chi connectivity index (χ4v) is 3.90. The van der Waals surface area contributed by atoms with E-state index in [0.717, 1.165) is 35.5 Å². The van der Waals surface area contributed by atoms with Crippen LogP contribution in [0.3, 0.4) is 0 Å². The standard InChI is InChI=1S/C30H37NO3/c1-6-33-27-19-18-24(29(32)31-22(2)16-17-23-12-8-7-9-13-23)20-25(27)21-34-28-15-11-10-14-26(28)30(3,4)5/h7-15,18-20,22H,6,16-17,21H2,1-5H3,(H,31,32)/t22-/m1/s1. The third-order valence-electron chi connectivity index (χ3n) is 5.79. The lowest BCUT2D eigenvalue weighted by Gasteiger charge is -2.23. The maximum absolute atomic E-state index is 13.0. The van der Waals surface area contributed by atoms with Crippen LogP contribution in [-0.2, 0) is 18.4 Å². The summed E-state index contributed by atoms with van der Waals surface area (Å²) in [6.07, 6.45) is 1.81. The van der Waals surface area contributed by atoms with Gasteiger partial charge in [0.25, 0.3) is 5.91 Å². The van der Waals surface area contributed by atoms with Gasteiger partial charge in [-0.2, -0.15) is 0 Å². The van der Waals surface area contributed by atoms with Crippen LogP contribution in [-0.4, -0.2) is 18.6 Å². The molecule has 1 amide bonds. The van der Waals surface area contributed by atoms with Crippen LogP contribution in [0.5, 0.6) is 11.5 Å². The second kappa shape index (κ2) is 11.7. The fraction of sp³-hybridized carbons (Fsp3) is 0.367. The molecule has 0 bridgehead atoms. The minimum absolute atomic E-state index is 0.0308. The minimum Gasteiger partial charge on any atom is -0.493 e. The molecule has 0 aromatic heterocycles. The van der Waals surface area contributed by atoms with Gasteiger partial charge < -0.3 is 14.8 Å². The van der Waals surface area contributed by atoms with E-state index in [1.807, 2.05) is 68.4 Å². The van der Waals surface area contributed by atoms with E-state index in [-0.39, 0.29) is 17.4 Å². The van der Waals surface area contributed by atoms with Crippen LogP contribution in [0.15, 0.2) is 72.8 Å². The first-order chi connectivity index (χ1) is 16.3. The Bertz CT molecular complexity index is 1070. The molecule has 0 radical (unpaired) electrons. The monoisotopic (exact) mass is 459 g/mol. The molecule has 0 aliphatic carbocycles. The summed E-state index contributed by atoms with van der Waals surface area (Å²) in [7, 11) is 0. The highest BCUT2D eigenvalue weighted by atomic mass is 16.5. The van der Waals surface area contributed by atoms with Gasteiger partial charge in [0.05, 0.1) is 6.61 Å². The van der Waals surface area contributed by atoms with Gasteiger partial charge in [-0.25, -0.2) is 0 Å². The molecule has 0 aliphatic heterocycles. The van der Waals surface area contributed by atoms with Crippen molar-refractivity contribution in [2.45, 2.75) is 65.5 Å². The molecule has 0 aliphatic rings. The highest BCUT2D eigenvalue weighted by molar-refractivity contribution is 5.94. The Morgan fingerprint density at radius 3 is 2.32 bits per heavy atom. The Kier molecular flexibility index (Phi) is 8.75. The van der Waals surface area contributed by atoms with Crippen molar-refractivity contribution in [3.05, 3.63) is 95.1 Å². The van der Waals surface area contributed by atoms with Crippen molar-refractivity contribution < 1.29 is 14.3 Å². The summed E-state index contributed by atoms with van der Waals surface area (Å²) in [4.78, 5) is 13.0. The summed E-state index contributed by atoms with van der Waals surface area (Å²) in [5, 5.41) is 3.13. The Labute approximate surface area is 204 Å². The first-order valence-electron chi connectivity index (χ1n) is 12.1. The zero-order valence-electron chi connectivity index (χ0n) is 21.1. The van der Waals surface area contributed by atoms with Crippen molar-refractivity contribution >= 4 is 5.91 Å². The van der Waals surface area contributed by atoms with Crippen molar-refractivity contribution in [3.8, 4) is 11.5 Å². The summed E-state index contributed by atoms with van der Waals surface area (Å²) < 4.78 is 12.0. The third kappa shape index (κ3) is 7.11. The molecule has 34 heavy (non-hydrogen) atoms. The number of amides is 1. The van der Waals surface area contributed by atoms with Gasteiger partial charge in [-0.3, -0.25) is 4.79 Å². The van der Waals surface area contributed by atoms with Crippen molar-refractivity contribution in [1.82, 2.24) is 5.32 Å². The van der Waals surface area contributed by atoms with E-state index >= 15 is 0 Å². The maximum atomic E-state index is 13.0. The molecule has 0 fully saturated rings. The summed E-state index contributed by atoms with van der Waals surface area (Å²) in [5.74, 6) is 1.51. The van der Waals surface area contributed by atoms with Gasteiger partial charge in [0, 0.05) is 17.2 Å². The number of rotatable bonds is 10. The molecular formula is C30H37NO3. The molecule has 1 N–H and O–H groups in total. The predicted octanol–water partition coefficient (Wildman–Crippen LogP) is 6.71. The first kappa shape index (κ1) is 25.4. The third-order valence-corrected chi connectivity index (χ3v) is 5.79. The molecule has 0 heterocycles. The molecule has 0 saturated carbocycles. The molecule has 0 unspecified atom stereocenters. The zero-order valence-corrected chi connectivity index (χ0v) is 21.1. The average molecular weight is 460 g/mol.